The maximum Gasteiger partial charge on any atom is 0.294 e. The standard InChI is InChI=1S/C28H30N8O4/c1-17-4-3-8-35(17)14-25(37)31-21-11-22(18(2)29-13-21)32-27(38)26-34-33-24-10-19(7-9-36(24)26)20-5-6-23(30-12-20)28(39)15-40-16-28/h5-7,9-13,17,39H,3-4,8,14-16H2,1-2H3,(H,31,37)(H,32,38)/t17-/m1/s1. The molecule has 0 radical (unpaired) electrons. The van der Waals surface area contributed by atoms with Crippen molar-refractivity contribution in [2.24, 2.45) is 0 Å². The number of hydrogen-bond donors (Lipinski definition) is 3. The van der Waals surface area contributed by atoms with Gasteiger partial charge in [0.15, 0.2) is 11.2 Å². The Balaban J connectivity index is 1.15. The molecule has 12 heteroatoms. The van der Waals surface area contributed by atoms with Crippen molar-refractivity contribution in [1.82, 2.24) is 29.5 Å². The quantitative estimate of drug-likeness (QED) is 0.320. The monoisotopic (exact) mass is 542 g/mol. The summed E-state index contributed by atoms with van der Waals surface area (Å²) in [5.41, 5.74) is 3.29. The number of amides is 2. The second-order valence-corrected chi connectivity index (χ2v) is 10.4. The Labute approximate surface area is 230 Å². The SMILES string of the molecule is Cc1ncc(NC(=O)CN2CCC[C@H]2C)cc1NC(=O)c1nnc2cc(-c3ccc(C4(O)COC4)nc3)ccn12. The number of nitrogens with one attached hydrogen (secondary N) is 2. The van der Waals surface area contributed by atoms with Crippen LogP contribution < -0.4 is 10.6 Å². The van der Waals surface area contributed by atoms with E-state index in [0.717, 1.165) is 30.5 Å². The van der Waals surface area contributed by atoms with Crippen LogP contribution in [0.5, 0.6) is 0 Å². The Morgan fingerprint density at radius 2 is 1.95 bits per heavy atom. The second-order valence-electron chi connectivity index (χ2n) is 10.4. The van der Waals surface area contributed by atoms with Crippen LogP contribution in [0.25, 0.3) is 16.8 Å². The predicted molar refractivity (Wildman–Crippen MR) is 147 cm³/mol. The number of likely N-dealkylation sites (tertiary alicyclic amines) is 1. The number of aliphatic hydroxyl groups is 1. The van der Waals surface area contributed by atoms with E-state index in [2.05, 4.69) is 42.6 Å². The van der Waals surface area contributed by atoms with E-state index in [1.165, 1.54) is 0 Å². The fourth-order valence-electron chi connectivity index (χ4n) is 5.03. The Morgan fingerprint density at radius 3 is 2.65 bits per heavy atom. The third-order valence-electron chi connectivity index (χ3n) is 7.52. The molecule has 0 saturated carbocycles. The molecule has 0 unspecified atom stereocenters. The van der Waals surface area contributed by atoms with Crippen LogP contribution in [0.2, 0.25) is 0 Å². The van der Waals surface area contributed by atoms with Crippen molar-refractivity contribution in [3.05, 3.63) is 66.1 Å². The number of nitrogens with zero attached hydrogens (tertiary/aromatic N) is 6. The van der Waals surface area contributed by atoms with Gasteiger partial charge in [-0.3, -0.25) is 28.9 Å². The third-order valence-corrected chi connectivity index (χ3v) is 7.52. The minimum absolute atomic E-state index is 0.110. The van der Waals surface area contributed by atoms with Gasteiger partial charge in [-0.1, -0.05) is 6.07 Å². The highest BCUT2D eigenvalue weighted by Gasteiger charge is 2.39. The summed E-state index contributed by atoms with van der Waals surface area (Å²) in [5.74, 6) is -0.464. The zero-order chi connectivity index (χ0) is 27.9. The van der Waals surface area contributed by atoms with E-state index in [4.69, 9.17) is 4.74 Å². The number of pyridine rings is 3. The molecule has 40 heavy (non-hydrogen) atoms. The first-order valence-corrected chi connectivity index (χ1v) is 13.2. The molecule has 4 aromatic rings. The first-order chi connectivity index (χ1) is 19.3. The van der Waals surface area contributed by atoms with Gasteiger partial charge in [0.05, 0.1) is 48.7 Å². The van der Waals surface area contributed by atoms with Crippen molar-refractivity contribution in [3.8, 4) is 11.1 Å². The summed E-state index contributed by atoms with van der Waals surface area (Å²) in [7, 11) is 0. The van der Waals surface area contributed by atoms with Gasteiger partial charge in [-0.2, -0.15) is 0 Å². The summed E-state index contributed by atoms with van der Waals surface area (Å²) in [6, 6.07) is 9.40. The van der Waals surface area contributed by atoms with Crippen molar-refractivity contribution in [3.63, 3.8) is 0 Å². The van der Waals surface area contributed by atoms with Crippen molar-refractivity contribution in [2.45, 2.75) is 38.3 Å². The number of hydrogen-bond acceptors (Lipinski definition) is 9. The van der Waals surface area contributed by atoms with Gasteiger partial charge in [-0.05, 0) is 63.1 Å². The van der Waals surface area contributed by atoms with Crippen LogP contribution in [-0.2, 0) is 15.1 Å². The molecule has 2 saturated heterocycles. The van der Waals surface area contributed by atoms with Crippen LogP contribution in [0.1, 0.15) is 41.8 Å². The number of fused-ring (bicyclic) bond motifs is 1. The molecule has 2 aliphatic rings. The summed E-state index contributed by atoms with van der Waals surface area (Å²) >= 11 is 0. The lowest BCUT2D eigenvalue weighted by atomic mass is 9.96. The normalized spacial score (nSPS) is 18.4. The van der Waals surface area contributed by atoms with Crippen LogP contribution in [-0.4, -0.2) is 78.7 Å². The predicted octanol–water partition coefficient (Wildman–Crippen LogP) is 2.39. The Hall–Kier alpha value is -4.26. The van der Waals surface area contributed by atoms with E-state index in [1.807, 2.05) is 18.2 Å². The molecule has 12 nitrogen and oxygen atoms in total. The fraction of sp³-hybridized carbons (Fsp3) is 0.357. The first kappa shape index (κ1) is 26.0. The Morgan fingerprint density at radius 1 is 1.10 bits per heavy atom. The minimum Gasteiger partial charge on any atom is -0.379 e. The van der Waals surface area contributed by atoms with E-state index in [1.54, 1.807) is 42.0 Å². The molecule has 206 valence electrons. The van der Waals surface area contributed by atoms with Gasteiger partial charge >= 0.3 is 0 Å². The minimum atomic E-state index is -1.02. The van der Waals surface area contributed by atoms with Gasteiger partial charge in [0.1, 0.15) is 0 Å². The van der Waals surface area contributed by atoms with E-state index in [9.17, 15) is 14.7 Å². The Bertz CT molecular complexity index is 1580. The molecule has 0 bridgehead atoms. The molecule has 3 N–H and O–H groups in total. The first-order valence-electron chi connectivity index (χ1n) is 13.2. The van der Waals surface area contributed by atoms with Gasteiger partial charge in [0.2, 0.25) is 11.7 Å². The van der Waals surface area contributed by atoms with Gasteiger partial charge < -0.3 is 20.5 Å². The molecular weight excluding hydrogens is 512 g/mol. The average Bonchev–Trinajstić information content (AvgIpc) is 3.54. The number of aromatic nitrogens is 5. The van der Waals surface area contributed by atoms with E-state index in [-0.39, 0.29) is 24.9 Å². The van der Waals surface area contributed by atoms with E-state index >= 15 is 0 Å². The lowest BCUT2D eigenvalue weighted by Crippen LogP contribution is -2.47. The average molecular weight is 543 g/mol. The molecule has 0 aliphatic carbocycles. The maximum atomic E-state index is 13.2. The van der Waals surface area contributed by atoms with Crippen molar-refractivity contribution in [1.29, 1.82) is 0 Å². The molecule has 6 heterocycles. The molecule has 2 amide bonds. The van der Waals surface area contributed by atoms with Crippen molar-refractivity contribution < 1.29 is 19.4 Å². The fourth-order valence-corrected chi connectivity index (χ4v) is 5.03. The lowest BCUT2D eigenvalue weighted by Gasteiger charge is -2.35. The van der Waals surface area contributed by atoms with Crippen LogP contribution in [0.15, 0.2) is 48.9 Å². The summed E-state index contributed by atoms with van der Waals surface area (Å²) in [5, 5.41) is 24.4. The molecular formula is C28H30N8O4. The maximum absolute atomic E-state index is 13.2. The number of carbonyl (C=O) groups is 2. The summed E-state index contributed by atoms with van der Waals surface area (Å²) < 4.78 is 6.70. The topological polar surface area (TPSA) is 147 Å². The van der Waals surface area contributed by atoms with E-state index in [0.29, 0.717) is 41.0 Å². The molecule has 2 aliphatic heterocycles. The number of aryl methyl sites for hydroxylation is 1. The molecule has 4 aromatic heterocycles. The number of anilines is 2. The number of carbonyl (C=O) groups excluding carboxylic acids is 2. The molecule has 0 spiro atoms. The molecule has 6 rings (SSSR count). The summed E-state index contributed by atoms with van der Waals surface area (Å²) in [6.45, 7) is 5.62. The summed E-state index contributed by atoms with van der Waals surface area (Å²) in [6.07, 6.45) is 7.18. The third kappa shape index (κ3) is 5.04. The van der Waals surface area contributed by atoms with E-state index < -0.39 is 11.5 Å². The molecule has 1 atom stereocenters. The number of ether oxygens (including phenoxy) is 1. The summed E-state index contributed by atoms with van der Waals surface area (Å²) in [4.78, 5) is 36.6. The van der Waals surface area contributed by atoms with Crippen molar-refractivity contribution in [2.75, 3.05) is 36.9 Å². The molecule has 2 fully saturated rings. The van der Waals surface area contributed by atoms with Crippen molar-refractivity contribution >= 4 is 28.8 Å². The highest BCUT2D eigenvalue weighted by Crippen LogP contribution is 2.29. The van der Waals surface area contributed by atoms with Gasteiger partial charge in [-0.25, -0.2) is 0 Å². The highest BCUT2D eigenvalue weighted by atomic mass is 16.5. The van der Waals surface area contributed by atoms with Crippen LogP contribution in [0.3, 0.4) is 0 Å². The smallest absolute Gasteiger partial charge is 0.294 e. The van der Waals surface area contributed by atoms with Gasteiger partial charge in [0.25, 0.3) is 5.91 Å². The van der Waals surface area contributed by atoms with Gasteiger partial charge in [0, 0.05) is 24.0 Å². The highest BCUT2D eigenvalue weighted by molar-refractivity contribution is 6.03. The van der Waals surface area contributed by atoms with Crippen LogP contribution >= 0.6 is 0 Å². The Kier molecular flexibility index (Phi) is 6.74. The number of rotatable bonds is 7. The molecule has 0 aromatic carbocycles. The van der Waals surface area contributed by atoms with Gasteiger partial charge in [-0.15, -0.1) is 10.2 Å². The largest absolute Gasteiger partial charge is 0.379 e. The lowest BCUT2D eigenvalue weighted by molar-refractivity contribution is -0.186. The van der Waals surface area contributed by atoms with Crippen LogP contribution in [0, 0.1) is 6.92 Å². The van der Waals surface area contributed by atoms with Crippen LogP contribution in [0.4, 0.5) is 11.4 Å². The second kappa shape index (κ2) is 10.4. The zero-order valence-electron chi connectivity index (χ0n) is 22.3. The zero-order valence-corrected chi connectivity index (χ0v) is 22.3.